The predicted molar refractivity (Wildman–Crippen MR) is 91.4 cm³/mol. The summed E-state index contributed by atoms with van der Waals surface area (Å²) in [5.74, 6) is 1.02. The molecule has 0 aliphatic carbocycles. The molecule has 2 aliphatic heterocycles. The summed E-state index contributed by atoms with van der Waals surface area (Å²) in [4.78, 5) is 14.6. The van der Waals surface area contributed by atoms with E-state index in [4.69, 9.17) is 9.47 Å². The van der Waals surface area contributed by atoms with Gasteiger partial charge in [0.1, 0.15) is 0 Å². The van der Waals surface area contributed by atoms with Crippen LogP contribution in [0.3, 0.4) is 0 Å². The van der Waals surface area contributed by atoms with Crippen LogP contribution in [-0.2, 0) is 16.6 Å². The third-order valence-electron chi connectivity index (χ3n) is 4.37. The first-order chi connectivity index (χ1) is 12.4. The number of rotatable bonds is 4. The molecule has 0 radical (unpaired) electrons. The molecule has 0 saturated heterocycles. The Balaban J connectivity index is 1.56. The fourth-order valence-corrected chi connectivity index (χ4v) is 3.65. The second kappa shape index (κ2) is 6.29. The van der Waals surface area contributed by atoms with Gasteiger partial charge in [0.05, 0.1) is 24.5 Å². The van der Waals surface area contributed by atoms with Crippen molar-refractivity contribution in [3.8, 4) is 11.5 Å². The standard InChI is InChI=1S/C16H18N4O5S/c1-26(22,23)18-7-13-9-19(8-12-4-5-17-20(12)13)16(21)11-2-3-14-15(6-11)25-10-24-14/h2-6,13,18H,7-10H2,1H3. The van der Waals surface area contributed by atoms with E-state index in [1.165, 1.54) is 0 Å². The van der Waals surface area contributed by atoms with Crippen molar-refractivity contribution >= 4 is 15.9 Å². The highest BCUT2D eigenvalue weighted by atomic mass is 32.2. The van der Waals surface area contributed by atoms with Gasteiger partial charge in [-0.15, -0.1) is 0 Å². The molecule has 10 heteroatoms. The summed E-state index contributed by atoms with van der Waals surface area (Å²) in [6, 6.07) is 6.63. The van der Waals surface area contributed by atoms with Gasteiger partial charge in [-0.1, -0.05) is 0 Å². The lowest BCUT2D eigenvalue weighted by Gasteiger charge is -2.34. The predicted octanol–water partition coefficient (Wildman–Crippen LogP) is 0.358. The molecule has 0 saturated carbocycles. The van der Waals surface area contributed by atoms with E-state index >= 15 is 0 Å². The van der Waals surface area contributed by atoms with E-state index in [0.29, 0.717) is 30.2 Å². The summed E-state index contributed by atoms with van der Waals surface area (Å²) in [6.45, 7) is 1.07. The molecule has 3 heterocycles. The Kier molecular flexibility index (Phi) is 4.08. The van der Waals surface area contributed by atoms with Crippen molar-refractivity contribution in [3.63, 3.8) is 0 Å². The molecule has 138 valence electrons. The van der Waals surface area contributed by atoms with E-state index in [9.17, 15) is 13.2 Å². The van der Waals surface area contributed by atoms with E-state index in [0.717, 1.165) is 11.9 Å². The second-order valence-corrected chi connectivity index (χ2v) is 8.13. The number of carbonyl (C=O) groups is 1. The first-order valence-corrected chi connectivity index (χ1v) is 9.96. The monoisotopic (exact) mass is 378 g/mol. The zero-order valence-electron chi connectivity index (χ0n) is 14.1. The minimum absolute atomic E-state index is 0.148. The number of nitrogens with zero attached hydrogens (tertiary/aromatic N) is 3. The second-order valence-electron chi connectivity index (χ2n) is 6.30. The van der Waals surface area contributed by atoms with Crippen LogP contribution < -0.4 is 14.2 Å². The fraction of sp³-hybridized carbons (Fsp3) is 0.375. The topological polar surface area (TPSA) is 103 Å². The van der Waals surface area contributed by atoms with Crippen molar-refractivity contribution in [2.45, 2.75) is 12.6 Å². The van der Waals surface area contributed by atoms with Crippen LogP contribution in [0, 0.1) is 0 Å². The van der Waals surface area contributed by atoms with Gasteiger partial charge in [-0.05, 0) is 24.3 Å². The van der Waals surface area contributed by atoms with Gasteiger partial charge >= 0.3 is 0 Å². The number of aromatic nitrogens is 2. The average molecular weight is 378 g/mol. The number of nitrogens with one attached hydrogen (secondary N) is 1. The van der Waals surface area contributed by atoms with Crippen LogP contribution in [0.15, 0.2) is 30.5 Å². The van der Waals surface area contributed by atoms with Crippen molar-refractivity contribution < 1.29 is 22.7 Å². The number of fused-ring (bicyclic) bond motifs is 2. The summed E-state index contributed by atoms with van der Waals surface area (Å²) >= 11 is 0. The average Bonchev–Trinajstić information content (AvgIpc) is 3.26. The normalized spacial score (nSPS) is 18.7. The third-order valence-corrected chi connectivity index (χ3v) is 5.06. The van der Waals surface area contributed by atoms with Gasteiger partial charge in [0, 0.05) is 24.8 Å². The molecule has 0 bridgehead atoms. The molecule has 2 aromatic rings. The third kappa shape index (κ3) is 3.25. The highest BCUT2D eigenvalue weighted by Crippen LogP contribution is 2.33. The van der Waals surface area contributed by atoms with Gasteiger partial charge in [0.25, 0.3) is 5.91 Å². The maximum absolute atomic E-state index is 12.9. The lowest BCUT2D eigenvalue weighted by Crippen LogP contribution is -2.45. The van der Waals surface area contributed by atoms with Crippen LogP contribution in [-0.4, -0.2) is 55.1 Å². The Morgan fingerprint density at radius 1 is 1.31 bits per heavy atom. The maximum atomic E-state index is 12.9. The van der Waals surface area contributed by atoms with Crippen LogP contribution in [0.1, 0.15) is 22.1 Å². The van der Waals surface area contributed by atoms with Gasteiger partial charge in [-0.3, -0.25) is 9.48 Å². The molecule has 9 nitrogen and oxygen atoms in total. The molecule has 0 spiro atoms. The first-order valence-electron chi connectivity index (χ1n) is 8.07. The molecular weight excluding hydrogens is 360 g/mol. The van der Waals surface area contributed by atoms with Crippen LogP contribution in [0.4, 0.5) is 0 Å². The molecule has 1 atom stereocenters. The van der Waals surface area contributed by atoms with Crippen molar-refractivity contribution in [1.82, 2.24) is 19.4 Å². The number of hydrogen-bond acceptors (Lipinski definition) is 6. The number of carbonyl (C=O) groups excluding carboxylic acids is 1. The highest BCUT2D eigenvalue weighted by molar-refractivity contribution is 7.88. The van der Waals surface area contributed by atoms with E-state index in [1.807, 2.05) is 6.07 Å². The van der Waals surface area contributed by atoms with Gasteiger partial charge in [-0.25, -0.2) is 13.1 Å². The molecule has 4 rings (SSSR count). The van der Waals surface area contributed by atoms with E-state index in [1.54, 1.807) is 34.0 Å². The molecule has 26 heavy (non-hydrogen) atoms. The Hall–Kier alpha value is -2.59. The van der Waals surface area contributed by atoms with Crippen LogP contribution in [0.25, 0.3) is 0 Å². The van der Waals surface area contributed by atoms with E-state index in [-0.39, 0.29) is 25.3 Å². The summed E-state index contributed by atoms with van der Waals surface area (Å²) in [5.41, 5.74) is 1.35. The molecule has 1 aromatic carbocycles. The molecule has 1 aromatic heterocycles. The quantitative estimate of drug-likeness (QED) is 0.824. The smallest absolute Gasteiger partial charge is 0.254 e. The number of sulfonamides is 1. The molecule has 1 amide bonds. The minimum atomic E-state index is -3.33. The molecule has 1 N–H and O–H groups in total. The Bertz CT molecular complexity index is 955. The largest absolute Gasteiger partial charge is 0.454 e. The van der Waals surface area contributed by atoms with Crippen molar-refractivity contribution in [2.24, 2.45) is 0 Å². The van der Waals surface area contributed by atoms with Gasteiger partial charge in [0.15, 0.2) is 11.5 Å². The number of hydrogen-bond donors (Lipinski definition) is 1. The van der Waals surface area contributed by atoms with E-state index in [2.05, 4.69) is 9.82 Å². The Labute approximate surface area is 150 Å². The van der Waals surface area contributed by atoms with Crippen LogP contribution in [0.2, 0.25) is 0 Å². The summed E-state index contributed by atoms with van der Waals surface area (Å²) in [5, 5.41) is 4.26. The van der Waals surface area contributed by atoms with Crippen molar-refractivity contribution in [1.29, 1.82) is 0 Å². The molecular formula is C16H18N4O5S. The van der Waals surface area contributed by atoms with Gasteiger partial charge in [0.2, 0.25) is 16.8 Å². The Morgan fingerprint density at radius 2 is 2.12 bits per heavy atom. The molecule has 1 unspecified atom stereocenters. The number of ether oxygens (including phenoxy) is 2. The first kappa shape index (κ1) is 16.9. The lowest BCUT2D eigenvalue weighted by molar-refractivity contribution is 0.0671. The molecule has 2 aliphatic rings. The van der Waals surface area contributed by atoms with E-state index < -0.39 is 10.0 Å². The summed E-state index contributed by atoms with van der Waals surface area (Å²) < 4.78 is 37.7. The maximum Gasteiger partial charge on any atom is 0.254 e. The summed E-state index contributed by atoms with van der Waals surface area (Å²) in [7, 11) is -3.33. The van der Waals surface area contributed by atoms with Crippen molar-refractivity contribution in [3.05, 3.63) is 41.7 Å². The highest BCUT2D eigenvalue weighted by Gasteiger charge is 2.30. The minimum Gasteiger partial charge on any atom is -0.454 e. The number of amides is 1. The molecule has 0 fully saturated rings. The zero-order chi connectivity index (χ0) is 18.3. The zero-order valence-corrected chi connectivity index (χ0v) is 14.9. The van der Waals surface area contributed by atoms with Crippen LogP contribution in [0.5, 0.6) is 11.5 Å². The fourth-order valence-electron chi connectivity index (χ4n) is 3.15. The van der Waals surface area contributed by atoms with Crippen LogP contribution >= 0.6 is 0 Å². The summed E-state index contributed by atoms with van der Waals surface area (Å²) in [6.07, 6.45) is 2.76. The number of benzene rings is 1. The van der Waals surface area contributed by atoms with Gasteiger partial charge < -0.3 is 14.4 Å². The lowest BCUT2D eigenvalue weighted by atomic mass is 10.1. The van der Waals surface area contributed by atoms with Crippen molar-refractivity contribution in [2.75, 3.05) is 26.1 Å². The van der Waals surface area contributed by atoms with Gasteiger partial charge in [-0.2, -0.15) is 5.10 Å². The SMILES string of the molecule is CS(=O)(=O)NCC1CN(C(=O)c2ccc3c(c2)OCO3)Cc2ccnn21. The Morgan fingerprint density at radius 3 is 2.92 bits per heavy atom.